The zero-order valence-electron chi connectivity index (χ0n) is 11.1. The first kappa shape index (κ1) is 14.6. The lowest BCUT2D eigenvalue weighted by Crippen LogP contribution is -2.46. The molecule has 0 radical (unpaired) electrons. The second kappa shape index (κ2) is 5.96. The third kappa shape index (κ3) is 5.64. The van der Waals surface area contributed by atoms with E-state index in [4.69, 9.17) is 4.74 Å². The Morgan fingerprint density at radius 1 is 1.35 bits per heavy atom. The SMILES string of the molecule is CC(NC1CCS(=O)CC1)C(=O)OC(C)(C)C. The van der Waals surface area contributed by atoms with Gasteiger partial charge in [0, 0.05) is 28.3 Å². The summed E-state index contributed by atoms with van der Waals surface area (Å²) in [5, 5.41) is 3.25. The Morgan fingerprint density at radius 2 is 1.88 bits per heavy atom. The van der Waals surface area contributed by atoms with E-state index in [0.29, 0.717) is 0 Å². The topological polar surface area (TPSA) is 55.4 Å². The van der Waals surface area contributed by atoms with E-state index < -0.39 is 16.4 Å². The van der Waals surface area contributed by atoms with Crippen molar-refractivity contribution in [3.05, 3.63) is 0 Å². The molecule has 0 aromatic heterocycles. The third-order valence-electron chi connectivity index (χ3n) is 2.63. The van der Waals surface area contributed by atoms with Crippen LogP contribution in [0, 0.1) is 0 Å². The van der Waals surface area contributed by atoms with Crippen LogP contribution in [0.5, 0.6) is 0 Å². The van der Waals surface area contributed by atoms with E-state index in [2.05, 4.69) is 5.32 Å². The van der Waals surface area contributed by atoms with Gasteiger partial charge in [-0.2, -0.15) is 0 Å². The summed E-state index contributed by atoms with van der Waals surface area (Å²) in [5.74, 6) is 1.25. The highest BCUT2D eigenvalue weighted by atomic mass is 32.2. The summed E-state index contributed by atoms with van der Waals surface area (Å²) < 4.78 is 16.5. The van der Waals surface area contributed by atoms with Crippen molar-refractivity contribution in [3.8, 4) is 0 Å². The first-order valence-electron chi connectivity index (χ1n) is 6.12. The first-order chi connectivity index (χ1) is 7.78. The van der Waals surface area contributed by atoms with Gasteiger partial charge in [-0.05, 0) is 40.5 Å². The third-order valence-corrected chi connectivity index (χ3v) is 4.02. The van der Waals surface area contributed by atoms with Crippen molar-refractivity contribution in [3.63, 3.8) is 0 Å². The maximum atomic E-state index is 11.8. The standard InChI is InChI=1S/C12H23NO3S/c1-9(11(14)16-12(2,3)4)13-10-5-7-17(15)8-6-10/h9-10,13H,5-8H2,1-4H3. The molecule has 1 heterocycles. The van der Waals surface area contributed by atoms with Crippen LogP contribution < -0.4 is 5.32 Å². The van der Waals surface area contributed by atoms with Gasteiger partial charge < -0.3 is 10.1 Å². The van der Waals surface area contributed by atoms with E-state index in [9.17, 15) is 9.00 Å². The molecule has 1 unspecified atom stereocenters. The summed E-state index contributed by atoms with van der Waals surface area (Å²) in [5.41, 5.74) is -0.443. The van der Waals surface area contributed by atoms with Gasteiger partial charge in [0.2, 0.25) is 0 Å². The van der Waals surface area contributed by atoms with Crippen molar-refractivity contribution in [1.82, 2.24) is 5.32 Å². The minimum atomic E-state index is -0.658. The second-order valence-electron chi connectivity index (χ2n) is 5.54. The smallest absolute Gasteiger partial charge is 0.323 e. The fraction of sp³-hybridized carbons (Fsp3) is 0.917. The van der Waals surface area contributed by atoms with Gasteiger partial charge in [-0.25, -0.2) is 0 Å². The number of esters is 1. The predicted molar refractivity (Wildman–Crippen MR) is 69.3 cm³/mol. The van der Waals surface area contributed by atoms with E-state index in [-0.39, 0.29) is 18.1 Å². The van der Waals surface area contributed by atoms with Crippen molar-refractivity contribution in [1.29, 1.82) is 0 Å². The fourth-order valence-corrected chi connectivity index (χ4v) is 3.07. The Morgan fingerprint density at radius 3 is 2.35 bits per heavy atom. The lowest BCUT2D eigenvalue weighted by atomic mass is 10.1. The minimum absolute atomic E-state index is 0.218. The molecule has 0 spiro atoms. The predicted octanol–water partition coefficient (Wildman–Crippen LogP) is 1.22. The summed E-state index contributed by atoms with van der Waals surface area (Å²) in [6.45, 7) is 7.41. The van der Waals surface area contributed by atoms with Crippen molar-refractivity contribution in [2.24, 2.45) is 0 Å². The van der Waals surface area contributed by atoms with Gasteiger partial charge in [0.25, 0.3) is 0 Å². The number of hydrogen-bond acceptors (Lipinski definition) is 4. The van der Waals surface area contributed by atoms with Crippen molar-refractivity contribution < 1.29 is 13.7 Å². The fourth-order valence-electron chi connectivity index (χ4n) is 1.77. The average molecular weight is 261 g/mol. The Hall–Kier alpha value is -0.420. The van der Waals surface area contributed by atoms with Gasteiger partial charge in [0.05, 0.1) is 0 Å². The lowest BCUT2D eigenvalue weighted by Gasteiger charge is -2.27. The summed E-state index contributed by atoms with van der Waals surface area (Å²) in [7, 11) is -0.658. The number of nitrogens with one attached hydrogen (secondary N) is 1. The Bertz CT molecular complexity index is 289. The molecule has 1 aliphatic heterocycles. The highest BCUT2D eigenvalue weighted by Gasteiger charge is 2.25. The van der Waals surface area contributed by atoms with E-state index in [1.165, 1.54) is 0 Å². The Balaban J connectivity index is 2.36. The molecule has 5 heteroatoms. The van der Waals surface area contributed by atoms with Gasteiger partial charge in [0.1, 0.15) is 11.6 Å². The zero-order valence-corrected chi connectivity index (χ0v) is 11.9. The van der Waals surface area contributed by atoms with Crippen LogP contribution in [-0.2, 0) is 20.3 Å². The molecule has 1 rings (SSSR count). The maximum absolute atomic E-state index is 11.8. The molecule has 0 aromatic carbocycles. The van der Waals surface area contributed by atoms with E-state index in [1.807, 2.05) is 27.7 Å². The summed E-state index contributed by atoms with van der Waals surface area (Å²) in [4.78, 5) is 11.8. The van der Waals surface area contributed by atoms with Crippen LogP contribution in [0.15, 0.2) is 0 Å². The molecule has 1 N–H and O–H groups in total. The van der Waals surface area contributed by atoms with Crippen LogP contribution in [0.3, 0.4) is 0 Å². The first-order valence-corrected chi connectivity index (χ1v) is 7.60. The highest BCUT2D eigenvalue weighted by Crippen LogP contribution is 2.12. The molecule has 0 aliphatic carbocycles. The quantitative estimate of drug-likeness (QED) is 0.776. The highest BCUT2D eigenvalue weighted by molar-refractivity contribution is 7.85. The molecule has 1 saturated heterocycles. The van der Waals surface area contributed by atoms with Crippen molar-refractivity contribution >= 4 is 16.8 Å². The second-order valence-corrected chi connectivity index (χ2v) is 7.24. The van der Waals surface area contributed by atoms with Crippen LogP contribution in [0.25, 0.3) is 0 Å². The minimum Gasteiger partial charge on any atom is -0.459 e. The molecule has 1 atom stereocenters. The molecule has 4 nitrogen and oxygen atoms in total. The van der Waals surface area contributed by atoms with Gasteiger partial charge in [-0.1, -0.05) is 0 Å². The van der Waals surface area contributed by atoms with Gasteiger partial charge in [-0.15, -0.1) is 0 Å². The number of rotatable bonds is 3. The van der Waals surface area contributed by atoms with Gasteiger partial charge in [0.15, 0.2) is 0 Å². The molecule has 1 fully saturated rings. The molecule has 0 amide bonds. The molecular formula is C12H23NO3S. The molecule has 0 aromatic rings. The monoisotopic (exact) mass is 261 g/mol. The van der Waals surface area contributed by atoms with E-state index >= 15 is 0 Å². The van der Waals surface area contributed by atoms with Gasteiger partial charge in [-0.3, -0.25) is 9.00 Å². The largest absolute Gasteiger partial charge is 0.459 e. The number of hydrogen-bond donors (Lipinski definition) is 1. The van der Waals surface area contributed by atoms with Crippen LogP contribution >= 0.6 is 0 Å². The van der Waals surface area contributed by atoms with E-state index in [1.54, 1.807) is 0 Å². The number of carbonyl (C=O) groups excluding carboxylic acids is 1. The molecule has 17 heavy (non-hydrogen) atoms. The molecule has 1 aliphatic rings. The normalized spacial score (nSPS) is 27.5. The Labute approximate surface area is 106 Å². The molecular weight excluding hydrogens is 238 g/mol. The van der Waals surface area contributed by atoms with Crippen LogP contribution in [0.2, 0.25) is 0 Å². The van der Waals surface area contributed by atoms with E-state index in [0.717, 1.165) is 24.3 Å². The summed E-state index contributed by atoms with van der Waals surface area (Å²) >= 11 is 0. The number of carbonyl (C=O) groups is 1. The van der Waals surface area contributed by atoms with Crippen LogP contribution in [0.4, 0.5) is 0 Å². The van der Waals surface area contributed by atoms with Crippen molar-refractivity contribution in [2.75, 3.05) is 11.5 Å². The maximum Gasteiger partial charge on any atom is 0.323 e. The van der Waals surface area contributed by atoms with Crippen LogP contribution in [0.1, 0.15) is 40.5 Å². The number of ether oxygens (including phenoxy) is 1. The average Bonchev–Trinajstić information content (AvgIpc) is 2.19. The van der Waals surface area contributed by atoms with Crippen LogP contribution in [-0.4, -0.2) is 39.4 Å². The molecule has 100 valence electrons. The lowest BCUT2D eigenvalue weighted by molar-refractivity contribution is -0.157. The molecule has 0 saturated carbocycles. The summed E-state index contributed by atoms with van der Waals surface area (Å²) in [6.07, 6.45) is 1.75. The molecule has 0 bridgehead atoms. The van der Waals surface area contributed by atoms with Gasteiger partial charge >= 0.3 is 5.97 Å². The Kier molecular flexibility index (Phi) is 5.13. The van der Waals surface area contributed by atoms with Crippen molar-refractivity contribution in [2.45, 2.75) is 58.2 Å². The summed E-state index contributed by atoms with van der Waals surface area (Å²) in [6, 6.07) is -0.0130. The zero-order chi connectivity index (χ0) is 13.1.